The Balaban J connectivity index is 1.52. The summed E-state index contributed by atoms with van der Waals surface area (Å²) < 4.78 is 5.35. The van der Waals surface area contributed by atoms with E-state index in [9.17, 15) is 4.79 Å². The van der Waals surface area contributed by atoms with Crippen molar-refractivity contribution in [2.24, 2.45) is 0 Å². The van der Waals surface area contributed by atoms with Crippen molar-refractivity contribution in [1.82, 2.24) is 9.97 Å². The van der Waals surface area contributed by atoms with E-state index >= 15 is 0 Å². The molecule has 0 saturated carbocycles. The maximum absolute atomic E-state index is 12.1. The second kappa shape index (κ2) is 8.04. The average Bonchev–Trinajstić information content (AvgIpc) is 2.61. The van der Waals surface area contributed by atoms with Gasteiger partial charge in [-0.3, -0.25) is 4.79 Å². The Morgan fingerprint density at radius 3 is 2.44 bits per heavy atom. The van der Waals surface area contributed by atoms with Gasteiger partial charge in [0.2, 0.25) is 5.91 Å². The van der Waals surface area contributed by atoms with Crippen LogP contribution in [-0.2, 0) is 9.53 Å². The van der Waals surface area contributed by atoms with E-state index in [0.29, 0.717) is 5.16 Å². The van der Waals surface area contributed by atoms with Gasteiger partial charge in [-0.05, 0) is 24.3 Å². The zero-order chi connectivity index (χ0) is 17.6. The summed E-state index contributed by atoms with van der Waals surface area (Å²) >= 11 is 1.19. The Kier molecular flexibility index (Phi) is 5.56. The normalized spacial score (nSPS) is 14.3. The van der Waals surface area contributed by atoms with Gasteiger partial charge < -0.3 is 26.4 Å². The summed E-state index contributed by atoms with van der Waals surface area (Å²) in [4.78, 5) is 22.4. The highest BCUT2D eigenvalue weighted by Crippen LogP contribution is 2.20. The molecular formula is C16H20N6O2S. The van der Waals surface area contributed by atoms with Gasteiger partial charge in [0.25, 0.3) is 0 Å². The Hall–Kier alpha value is -2.52. The number of morpholine rings is 1. The van der Waals surface area contributed by atoms with Crippen LogP contribution in [0.3, 0.4) is 0 Å². The van der Waals surface area contributed by atoms with E-state index in [4.69, 9.17) is 16.2 Å². The quantitative estimate of drug-likeness (QED) is 0.538. The van der Waals surface area contributed by atoms with Crippen LogP contribution in [0.25, 0.3) is 0 Å². The number of thioether (sulfide) groups is 1. The van der Waals surface area contributed by atoms with Gasteiger partial charge in [-0.25, -0.2) is 9.97 Å². The van der Waals surface area contributed by atoms with Crippen LogP contribution >= 0.6 is 11.8 Å². The zero-order valence-corrected chi connectivity index (χ0v) is 14.5. The van der Waals surface area contributed by atoms with E-state index in [-0.39, 0.29) is 23.3 Å². The van der Waals surface area contributed by atoms with Crippen LogP contribution in [0.4, 0.5) is 23.0 Å². The van der Waals surface area contributed by atoms with Crippen molar-refractivity contribution >= 4 is 40.7 Å². The number of rotatable bonds is 5. The monoisotopic (exact) mass is 360 g/mol. The molecule has 0 radical (unpaired) electrons. The topological polar surface area (TPSA) is 119 Å². The number of amides is 1. The first-order valence-electron chi connectivity index (χ1n) is 7.85. The van der Waals surface area contributed by atoms with Crippen LogP contribution in [0.5, 0.6) is 0 Å². The molecule has 0 bridgehead atoms. The van der Waals surface area contributed by atoms with Gasteiger partial charge in [-0.1, -0.05) is 11.8 Å². The molecule has 25 heavy (non-hydrogen) atoms. The van der Waals surface area contributed by atoms with E-state index in [1.165, 1.54) is 17.8 Å². The number of nitrogens with one attached hydrogen (secondary N) is 1. The largest absolute Gasteiger partial charge is 0.383 e. The van der Waals surface area contributed by atoms with Gasteiger partial charge in [0.15, 0.2) is 5.16 Å². The Bertz CT molecular complexity index is 714. The lowest BCUT2D eigenvalue weighted by Crippen LogP contribution is -2.36. The summed E-state index contributed by atoms with van der Waals surface area (Å²) in [6.45, 7) is 3.25. The molecule has 1 aliphatic heterocycles. The summed E-state index contributed by atoms with van der Waals surface area (Å²) in [5.74, 6) is 0.602. The number of anilines is 4. The molecule has 0 aliphatic carbocycles. The van der Waals surface area contributed by atoms with Gasteiger partial charge in [0.05, 0.1) is 19.0 Å². The molecular weight excluding hydrogens is 340 g/mol. The molecule has 0 unspecified atom stereocenters. The molecule has 1 amide bonds. The van der Waals surface area contributed by atoms with Crippen molar-refractivity contribution in [2.75, 3.05) is 53.7 Å². The van der Waals surface area contributed by atoms with Crippen LogP contribution in [0.2, 0.25) is 0 Å². The molecule has 9 heteroatoms. The average molecular weight is 360 g/mol. The molecule has 132 valence electrons. The van der Waals surface area contributed by atoms with Crippen LogP contribution in [-0.4, -0.2) is 47.9 Å². The summed E-state index contributed by atoms with van der Waals surface area (Å²) in [6.07, 6.45) is 0. The fraction of sp³-hybridized carbons (Fsp3) is 0.312. The number of ether oxygens (including phenoxy) is 1. The first kappa shape index (κ1) is 17.3. The second-order valence-corrected chi connectivity index (χ2v) is 6.43. The van der Waals surface area contributed by atoms with E-state index in [1.807, 2.05) is 24.3 Å². The van der Waals surface area contributed by atoms with Crippen molar-refractivity contribution in [1.29, 1.82) is 0 Å². The van der Waals surface area contributed by atoms with Gasteiger partial charge in [0.1, 0.15) is 11.6 Å². The molecule has 5 N–H and O–H groups in total. The molecule has 0 atom stereocenters. The van der Waals surface area contributed by atoms with Crippen molar-refractivity contribution < 1.29 is 9.53 Å². The first-order chi connectivity index (χ1) is 12.1. The standard InChI is InChI=1S/C16H20N6O2S/c17-13-9-14(18)21-16(20-13)25-10-15(23)19-11-1-3-12(4-2-11)22-5-7-24-8-6-22/h1-4,9H,5-8,10H2,(H,19,23)(H4,17,18,20,21). The zero-order valence-electron chi connectivity index (χ0n) is 13.6. The van der Waals surface area contributed by atoms with E-state index < -0.39 is 0 Å². The maximum Gasteiger partial charge on any atom is 0.234 e. The van der Waals surface area contributed by atoms with E-state index in [1.54, 1.807) is 0 Å². The van der Waals surface area contributed by atoms with Gasteiger partial charge in [0, 0.05) is 30.5 Å². The molecule has 1 saturated heterocycles. The Morgan fingerprint density at radius 1 is 1.16 bits per heavy atom. The predicted molar refractivity (Wildman–Crippen MR) is 99.7 cm³/mol. The minimum Gasteiger partial charge on any atom is -0.383 e. The molecule has 1 aliphatic rings. The van der Waals surface area contributed by atoms with Crippen LogP contribution < -0.4 is 21.7 Å². The Morgan fingerprint density at radius 2 is 1.80 bits per heavy atom. The fourth-order valence-corrected chi connectivity index (χ4v) is 3.10. The first-order valence-corrected chi connectivity index (χ1v) is 8.84. The number of aromatic nitrogens is 2. The summed E-state index contributed by atoms with van der Waals surface area (Å²) in [6, 6.07) is 9.25. The molecule has 8 nitrogen and oxygen atoms in total. The molecule has 0 spiro atoms. The lowest BCUT2D eigenvalue weighted by atomic mass is 10.2. The SMILES string of the molecule is Nc1cc(N)nc(SCC(=O)Nc2ccc(N3CCOCC3)cc2)n1. The van der Waals surface area contributed by atoms with Gasteiger partial charge >= 0.3 is 0 Å². The van der Waals surface area contributed by atoms with Crippen LogP contribution in [0.1, 0.15) is 0 Å². The molecule has 1 fully saturated rings. The predicted octanol–water partition coefficient (Wildman–Crippen LogP) is 1.21. The third kappa shape index (κ3) is 4.97. The Labute approximate surface area is 149 Å². The van der Waals surface area contributed by atoms with Crippen LogP contribution in [0.15, 0.2) is 35.5 Å². The van der Waals surface area contributed by atoms with Crippen molar-refractivity contribution in [3.63, 3.8) is 0 Å². The lowest BCUT2D eigenvalue weighted by Gasteiger charge is -2.28. The van der Waals surface area contributed by atoms with Crippen molar-refractivity contribution in [2.45, 2.75) is 5.16 Å². The summed E-state index contributed by atoms with van der Waals surface area (Å²) in [5, 5.41) is 3.24. The highest BCUT2D eigenvalue weighted by atomic mass is 32.2. The van der Waals surface area contributed by atoms with Gasteiger partial charge in [-0.15, -0.1) is 0 Å². The minimum absolute atomic E-state index is 0.145. The number of carbonyl (C=O) groups excluding carboxylic acids is 1. The molecule has 3 rings (SSSR count). The number of nitrogens with zero attached hydrogens (tertiary/aromatic N) is 3. The molecule has 2 heterocycles. The molecule has 1 aromatic carbocycles. The van der Waals surface area contributed by atoms with E-state index in [0.717, 1.165) is 37.7 Å². The number of hydrogen-bond donors (Lipinski definition) is 3. The summed E-state index contributed by atoms with van der Waals surface area (Å²) in [5.41, 5.74) is 13.1. The minimum atomic E-state index is -0.145. The smallest absolute Gasteiger partial charge is 0.234 e. The highest BCUT2D eigenvalue weighted by Gasteiger charge is 2.11. The van der Waals surface area contributed by atoms with Crippen LogP contribution in [0, 0.1) is 0 Å². The molecule has 1 aromatic heterocycles. The summed E-state index contributed by atoms with van der Waals surface area (Å²) in [7, 11) is 0. The number of nitrogen functional groups attached to an aromatic ring is 2. The number of carbonyl (C=O) groups is 1. The van der Waals surface area contributed by atoms with Crippen molar-refractivity contribution in [3.8, 4) is 0 Å². The second-order valence-electron chi connectivity index (χ2n) is 5.48. The maximum atomic E-state index is 12.1. The fourth-order valence-electron chi connectivity index (χ4n) is 2.43. The molecule has 2 aromatic rings. The van der Waals surface area contributed by atoms with Crippen molar-refractivity contribution in [3.05, 3.63) is 30.3 Å². The highest BCUT2D eigenvalue weighted by molar-refractivity contribution is 7.99. The lowest BCUT2D eigenvalue weighted by molar-refractivity contribution is -0.113. The van der Waals surface area contributed by atoms with E-state index in [2.05, 4.69) is 20.2 Å². The number of benzene rings is 1. The number of nitrogens with two attached hydrogens (primary N) is 2. The third-order valence-electron chi connectivity index (χ3n) is 3.60. The number of hydrogen-bond acceptors (Lipinski definition) is 8. The third-order valence-corrected chi connectivity index (χ3v) is 4.45. The van der Waals surface area contributed by atoms with Gasteiger partial charge in [-0.2, -0.15) is 0 Å².